The number of likely N-dealkylation sites (tertiary alicyclic amines) is 1. The molecule has 24 heavy (non-hydrogen) atoms. The second kappa shape index (κ2) is 6.74. The third-order valence-electron chi connectivity index (χ3n) is 4.01. The van der Waals surface area contributed by atoms with Gasteiger partial charge in [0.2, 0.25) is 0 Å². The van der Waals surface area contributed by atoms with Gasteiger partial charge in [0.05, 0.1) is 0 Å². The lowest BCUT2D eigenvalue weighted by Gasteiger charge is -2.32. The van der Waals surface area contributed by atoms with Crippen molar-refractivity contribution in [2.24, 2.45) is 0 Å². The standard InChI is InChI=1S/C17H19N3O4/c1-11-3-2-4-13(9-11)24-12-5-7-20(8-6-12)16(22)14-10-15(21)19-17(23)18-14/h2-4,9-10,12H,5-8H2,1H3,(H2,18,19,21,23). The van der Waals surface area contributed by atoms with Gasteiger partial charge in [-0.25, -0.2) is 4.79 Å². The van der Waals surface area contributed by atoms with Gasteiger partial charge in [-0.1, -0.05) is 12.1 Å². The van der Waals surface area contributed by atoms with E-state index in [-0.39, 0.29) is 17.7 Å². The van der Waals surface area contributed by atoms with E-state index < -0.39 is 11.2 Å². The molecular weight excluding hydrogens is 310 g/mol. The van der Waals surface area contributed by atoms with E-state index in [9.17, 15) is 14.4 Å². The molecular formula is C17H19N3O4. The average Bonchev–Trinajstić information content (AvgIpc) is 2.54. The Bertz CT molecular complexity index is 819. The molecule has 2 N–H and O–H groups in total. The molecule has 0 saturated carbocycles. The number of aromatic amines is 2. The summed E-state index contributed by atoms with van der Waals surface area (Å²) >= 11 is 0. The molecule has 7 heteroatoms. The minimum atomic E-state index is -0.677. The third-order valence-corrected chi connectivity index (χ3v) is 4.01. The van der Waals surface area contributed by atoms with Crippen molar-refractivity contribution >= 4 is 5.91 Å². The van der Waals surface area contributed by atoms with Crippen LogP contribution in [-0.4, -0.2) is 40.0 Å². The molecule has 1 aromatic carbocycles. The molecule has 0 aliphatic carbocycles. The van der Waals surface area contributed by atoms with Gasteiger partial charge in [-0.3, -0.25) is 14.6 Å². The van der Waals surface area contributed by atoms with Crippen LogP contribution in [-0.2, 0) is 0 Å². The summed E-state index contributed by atoms with van der Waals surface area (Å²) in [5, 5.41) is 0. The molecule has 0 bridgehead atoms. The van der Waals surface area contributed by atoms with Gasteiger partial charge in [0.1, 0.15) is 17.5 Å². The number of carbonyl (C=O) groups excluding carboxylic acids is 1. The Kier molecular flexibility index (Phi) is 4.50. The van der Waals surface area contributed by atoms with Crippen LogP contribution in [0.15, 0.2) is 39.9 Å². The van der Waals surface area contributed by atoms with Crippen LogP contribution in [0.1, 0.15) is 28.9 Å². The molecule has 0 atom stereocenters. The van der Waals surface area contributed by atoms with Crippen molar-refractivity contribution in [3.8, 4) is 5.75 Å². The number of hydrogen-bond acceptors (Lipinski definition) is 4. The number of nitrogens with one attached hydrogen (secondary N) is 2. The maximum absolute atomic E-state index is 12.4. The van der Waals surface area contributed by atoms with Gasteiger partial charge in [0, 0.05) is 32.0 Å². The highest BCUT2D eigenvalue weighted by Crippen LogP contribution is 2.20. The third kappa shape index (κ3) is 3.73. The number of aryl methyl sites for hydroxylation is 1. The number of piperidine rings is 1. The average molecular weight is 329 g/mol. The first-order valence-corrected chi connectivity index (χ1v) is 7.87. The van der Waals surface area contributed by atoms with Crippen LogP contribution in [0, 0.1) is 6.92 Å². The van der Waals surface area contributed by atoms with Crippen molar-refractivity contribution in [2.45, 2.75) is 25.9 Å². The zero-order chi connectivity index (χ0) is 17.1. The van der Waals surface area contributed by atoms with Gasteiger partial charge in [-0.2, -0.15) is 0 Å². The molecule has 0 radical (unpaired) electrons. The zero-order valence-corrected chi connectivity index (χ0v) is 13.4. The van der Waals surface area contributed by atoms with Crippen molar-refractivity contribution < 1.29 is 9.53 Å². The summed E-state index contributed by atoms with van der Waals surface area (Å²) in [7, 11) is 0. The molecule has 1 saturated heterocycles. The van der Waals surface area contributed by atoms with E-state index >= 15 is 0 Å². The van der Waals surface area contributed by atoms with E-state index in [0.717, 1.165) is 17.4 Å². The number of H-pyrrole nitrogens is 2. The van der Waals surface area contributed by atoms with Crippen LogP contribution in [0.5, 0.6) is 5.75 Å². The maximum Gasteiger partial charge on any atom is 0.326 e. The number of benzene rings is 1. The fourth-order valence-electron chi connectivity index (χ4n) is 2.81. The van der Waals surface area contributed by atoms with Crippen molar-refractivity contribution in [1.82, 2.24) is 14.9 Å². The highest BCUT2D eigenvalue weighted by molar-refractivity contribution is 5.92. The topological polar surface area (TPSA) is 95.3 Å². The summed E-state index contributed by atoms with van der Waals surface area (Å²) in [5.74, 6) is 0.492. The maximum atomic E-state index is 12.4. The van der Waals surface area contributed by atoms with Crippen molar-refractivity contribution in [1.29, 1.82) is 0 Å². The molecule has 0 spiro atoms. The zero-order valence-electron chi connectivity index (χ0n) is 13.4. The fourth-order valence-corrected chi connectivity index (χ4v) is 2.81. The summed E-state index contributed by atoms with van der Waals surface area (Å²) in [4.78, 5) is 41.0. The Labute approximate surface area is 138 Å². The SMILES string of the molecule is Cc1cccc(OC2CCN(C(=O)c3cc(=O)[nH]c(=O)[nH]3)CC2)c1. The summed E-state index contributed by atoms with van der Waals surface area (Å²) < 4.78 is 5.96. The van der Waals surface area contributed by atoms with Crippen LogP contribution in [0.4, 0.5) is 0 Å². The number of ether oxygens (including phenoxy) is 1. The van der Waals surface area contributed by atoms with Crippen LogP contribution in [0.2, 0.25) is 0 Å². The fraction of sp³-hybridized carbons (Fsp3) is 0.353. The predicted octanol–water partition coefficient (Wildman–Crippen LogP) is 1.06. The minimum absolute atomic E-state index is 0.0156. The van der Waals surface area contributed by atoms with Crippen molar-refractivity contribution in [2.75, 3.05) is 13.1 Å². The van der Waals surface area contributed by atoms with E-state index in [4.69, 9.17) is 4.74 Å². The molecule has 1 aliphatic rings. The first kappa shape index (κ1) is 16.0. The predicted molar refractivity (Wildman–Crippen MR) is 88.4 cm³/mol. The first-order valence-electron chi connectivity index (χ1n) is 7.87. The van der Waals surface area contributed by atoms with E-state index in [1.54, 1.807) is 4.90 Å². The molecule has 1 aliphatic heterocycles. The van der Waals surface area contributed by atoms with Gasteiger partial charge in [-0.05, 0) is 24.6 Å². The number of carbonyl (C=O) groups is 1. The van der Waals surface area contributed by atoms with Crippen molar-refractivity contribution in [3.63, 3.8) is 0 Å². The summed E-state index contributed by atoms with van der Waals surface area (Å²) in [6.07, 6.45) is 1.45. The Morgan fingerprint density at radius 2 is 1.92 bits per heavy atom. The highest BCUT2D eigenvalue weighted by atomic mass is 16.5. The first-order chi connectivity index (χ1) is 11.5. The van der Waals surface area contributed by atoms with Crippen LogP contribution >= 0.6 is 0 Å². The molecule has 2 heterocycles. The van der Waals surface area contributed by atoms with Gasteiger partial charge in [0.15, 0.2) is 0 Å². The summed E-state index contributed by atoms with van der Waals surface area (Å²) in [6.45, 7) is 3.05. The van der Waals surface area contributed by atoms with Gasteiger partial charge < -0.3 is 14.6 Å². The highest BCUT2D eigenvalue weighted by Gasteiger charge is 2.25. The van der Waals surface area contributed by atoms with E-state index in [1.807, 2.05) is 36.2 Å². The number of nitrogens with zero attached hydrogens (tertiary/aromatic N) is 1. The molecule has 3 rings (SSSR count). The molecule has 7 nitrogen and oxygen atoms in total. The largest absolute Gasteiger partial charge is 0.490 e. The molecule has 2 aromatic rings. The number of hydrogen-bond donors (Lipinski definition) is 2. The van der Waals surface area contributed by atoms with Gasteiger partial charge >= 0.3 is 5.69 Å². The molecule has 1 aromatic heterocycles. The molecule has 1 amide bonds. The minimum Gasteiger partial charge on any atom is -0.490 e. The molecule has 126 valence electrons. The second-order valence-electron chi connectivity index (χ2n) is 5.93. The second-order valence-corrected chi connectivity index (χ2v) is 5.93. The van der Waals surface area contributed by atoms with E-state index in [1.165, 1.54) is 0 Å². The van der Waals surface area contributed by atoms with E-state index in [0.29, 0.717) is 25.9 Å². The number of amides is 1. The van der Waals surface area contributed by atoms with Crippen LogP contribution in [0.25, 0.3) is 0 Å². The van der Waals surface area contributed by atoms with Crippen molar-refractivity contribution in [3.05, 3.63) is 62.4 Å². The molecule has 1 fully saturated rings. The lowest BCUT2D eigenvalue weighted by atomic mass is 10.1. The van der Waals surface area contributed by atoms with E-state index in [2.05, 4.69) is 4.98 Å². The number of aromatic nitrogens is 2. The smallest absolute Gasteiger partial charge is 0.326 e. The normalized spacial score (nSPS) is 15.3. The number of rotatable bonds is 3. The lowest BCUT2D eigenvalue weighted by Crippen LogP contribution is -2.43. The summed E-state index contributed by atoms with van der Waals surface area (Å²) in [5.41, 5.74) is -0.108. The van der Waals surface area contributed by atoms with Crippen LogP contribution in [0.3, 0.4) is 0 Å². The quantitative estimate of drug-likeness (QED) is 0.880. The van der Waals surface area contributed by atoms with Crippen LogP contribution < -0.4 is 16.0 Å². The lowest BCUT2D eigenvalue weighted by molar-refractivity contribution is 0.0589. The Morgan fingerprint density at radius 1 is 1.17 bits per heavy atom. The Morgan fingerprint density at radius 3 is 2.58 bits per heavy atom. The van der Waals surface area contributed by atoms with Gasteiger partial charge in [0.25, 0.3) is 11.5 Å². The molecule has 0 unspecified atom stereocenters. The Balaban J connectivity index is 1.61. The van der Waals surface area contributed by atoms with Gasteiger partial charge in [-0.15, -0.1) is 0 Å². The Hall–Kier alpha value is -2.83. The monoisotopic (exact) mass is 329 g/mol. The summed E-state index contributed by atoms with van der Waals surface area (Å²) in [6, 6.07) is 8.98.